The van der Waals surface area contributed by atoms with Crippen LogP contribution >= 0.6 is 0 Å². The fraction of sp³-hybridized carbons (Fsp3) is 0.0930. The van der Waals surface area contributed by atoms with Crippen molar-refractivity contribution in [1.29, 1.82) is 0 Å². The Balaban J connectivity index is 0.928. The molecule has 5 heteroatoms. The first-order chi connectivity index (χ1) is 44.4. The molecule has 4 nitrogen and oxygen atoms in total. The van der Waals surface area contributed by atoms with Gasteiger partial charge in [-0.25, -0.2) is 0 Å². The summed E-state index contributed by atoms with van der Waals surface area (Å²) in [6, 6.07) is 106. The van der Waals surface area contributed by atoms with Gasteiger partial charge in [0.25, 0.3) is 6.71 Å². The zero-order chi connectivity index (χ0) is 61.3. The zero-order valence-corrected chi connectivity index (χ0v) is 51.9. The maximum Gasteiger partial charge on any atom is 0.252 e. The summed E-state index contributed by atoms with van der Waals surface area (Å²) in [7, 11) is 0. The first-order valence-electron chi connectivity index (χ1n) is 31.8. The van der Waals surface area contributed by atoms with E-state index in [-0.39, 0.29) is 17.5 Å². The minimum absolute atomic E-state index is 0.0358. The van der Waals surface area contributed by atoms with Crippen LogP contribution in [0, 0.1) is 0 Å². The number of hydrogen-bond donors (Lipinski definition) is 0. The van der Waals surface area contributed by atoms with Crippen LogP contribution in [0.15, 0.2) is 294 Å². The first kappa shape index (κ1) is 54.3. The van der Waals surface area contributed by atoms with Gasteiger partial charge >= 0.3 is 0 Å². The minimum atomic E-state index is -0.193. The van der Waals surface area contributed by atoms with Crippen molar-refractivity contribution >= 4 is 101 Å². The van der Waals surface area contributed by atoms with Crippen molar-refractivity contribution in [3.63, 3.8) is 0 Å². The van der Waals surface area contributed by atoms with Crippen molar-refractivity contribution in [2.75, 3.05) is 9.80 Å². The molecule has 2 aliphatic heterocycles. The summed E-state index contributed by atoms with van der Waals surface area (Å²) in [6.07, 6.45) is 0. The number of fused-ring (bicyclic) bond motifs is 10. The predicted molar refractivity (Wildman–Crippen MR) is 385 cm³/mol. The Hall–Kier alpha value is -10.9. The van der Waals surface area contributed by atoms with Gasteiger partial charge in [-0.3, -0.25) is 0 Å². The summed E-state index contributed by atoms with van der Waals surface area (Å²) in [5.41, 5.74) is 30.6. The molecule has 0 unspecified atom stereocenters. The van der Waals surface area contributed by atoms with Crippen molar-refractivity contribution in [3.05, 3.63) is 296 Å². The molecule has 0 spiro atoms. The van der Waals surface area contributed by atoms with Gasteiger partial charge in [-0.15, -0.1) is 0 Å². The lowest BCUT2D eigenvalue weighted by Gasteiger charge is -2.45. The highest BCUT2D eigenvalue weighted by molar-refractivity contribution is 7.00. The summed E-state index contributed by atoms with van der Waals surface area (Å²) in [5.74, 6) is 0. The topological polar surface area (TPSA) is 32.8 Å². The molecule has 0 saturated carbocycles. The molecule has 4 heterocycles. The van der Waals surface area contributed by atoms with Crippen molar-refractivity contribution in [2.24, 2.45) is 0 Å². The molecule has 0 N–H and O–H groups in total. The third kappa shape index (κ3) is 8.97. The summed E-state index contributed by atoms with van der Waals surface area (Å²) in [6.45, 7) is 13.5. The van der Waals surface area contributed by atoms with Crippen LogP contribution in [-0.4, -0.2) is 6.71 Å². The van der Waals surface area contributed by atoms with Crippen LogP contribution in [0.5, 0.6) is 0 Å². The molecular formula is C86H65BN2O2. The molecule has 17 rings (SSSR count). The minimum Gasteiger partial charge on any atom is -0.456 e. The molecule has 0 bridgehead atoms. The predicted octanol–water partition coefficient (Wildman–Crippen LogP) is 22.2. The highest BCUT2D eigenvalue weighted by Crippen LogP contribution is 2.50. The highest BCUT2D eigenvalue weighted by atomic mass is 16.3. The van der Waals surface area contributed by atoms with Crippen molar-refractivity contribution in [2.45, 2.75) is 52.4 Å². The standard InChI is InChI=1S/C86H65BN2O2/c1-85(2,3)60-42-34-54(35-43-60)62-20-7-9-22-64(62)58-38-46-76-72(52-58)87-73-53-59(65-23-10-8-21-63(65)55-36-44-61(45-37-55)86(4,5)6)39-47-77(73)89(75-29-16-12-25-67(75)57-41-49-83-71(51-57)69-27-14-18-33-81(69)91-83)79-31-19-30-78(84(79)87)88(76)74-28-15-11-24-66(74)56-40-48-82-70(50-56)68-26-13-17-32-80(68)90-82/h7-53H,1-6H3. The summed E-state index contributed by atoms with van der Waals surface area (Å²) >= 11 is 0. The maximum absolute atomic E-state index is 6.43. The van der Waals surface area contributed by atoms with E-state index in [9.17, 15) is 0 Å². The molecule has 0 atom stereocenters. The molecule has 91 heavy (non-hydrogen) atoms. The van der Waals surface area contributed by atoms with Gasteiger partial charge in [0.2, 0.25) is 0 Å². The van der Waals surface area contributed by atoms with E-state index in [2.05, 4.69) is 324 Å². The molecule has 0 fully saturated rings. The van der Waals surface area contributed by atoms with E-state index in [1.54, 1.807) is 0 Å². The fourth-order valence-corrected chi connectivity index (χ4v) is 14.7. The zero-order valence-electron chi connectivity index (χ0n) is 51.9. The second kappa shape index (κ2) is 20.9. The second-order valence-electron chi connectivity index (χ2n) is 26.8. The number of para-hydroxylation sites is 4. The quantitative estimate of drug-likeness (QED) is 0.142. The lowest BCUT2D eigenvalue weighted by Crippen LogP contribution is -2.61. The number of hydrogen-bond acceptors (Lipinski definition) is 4. The maximum atomic E-state index is 6.43. The Morgan fingerprint density at radius 3 is 0.989 bits per heavy atom. The lowest BCUT2D eigenvalue weighted by atomic mass is 9.33. The monoisotopic (exact) mass is 1170 g/mol. The van der Waals surface area contributed by atoms with Crippen LogP contribution < -0.4 is 26.2 Å². The number of benzene rings is 13. The van der Waals surface area contributed by atoms with Gasteiger partial charge in [0.15, 0.2) is 0 Å². The summed E-state index contributed by atoms with van der Waals surface area (Å²) < 4.78 is 12.9. The largest absolute Gasteiger partial charge is 0.456 e. The molecule has 0 saturated heterocycles. The molecular weight excluding hydrogens is 1100 g/mol. The van der Waals surface area contributed by atoms with Gasteiger partial charge in [-0.2, -0.15) is 0 Å². The average Bonchev–Trinajstić information content (AvgIpc) is 1.27. The van der Waals surface area contributed by atoms with Gasteiger partial charge in [0.1, 0.15) is 22.3 Å². The van der Waals surface area contributed by atoms with E-state index in [4.69, 9.17) is 8.83 Å². The molecule has 434 valence electrons. The molecule has 2 aromatic heterocycles. The van der Waals surface area contributed by atoms with Crippen LogP contribution in [0.2, 0.25) is 0 Å². The van der Waals surface area contributed by atoms with E-state index in [1.165, 1.54) is 60.9 Å². The molecule has 0 amide bonds. The molecule has 0 aliphatic carbocycles. The average molecular weight is 1170 g/mol. The Morgan fingerprint density at radius 1 is 0.253 bits per heavy atom. The normalized spacial score (nSPS) is 12.9. The Bertz CT molecular complexity index is 5070. The van der Waals surface area contributed by atoms with E-state index in [1.807, 2.05) is 12.1 Å². The van der Waals surface area contributed by atoms with Crippen LogP contribution in [0.25, 0.3) is 111 Å². The third-order valence-corrected chi connectivity index (χ3v) is 19.3. The molecule has 2 aliphatic rings. The smallest absolute Gasteiger partial charge is 0.252 e. The number of rotatable bonds is 8. The lowest BCUT2D eigenvalue weighted by molar-refractivity contribution is 0.590. The van der Waals surface area contributed by atoms with Gasteiger partial charge in [0.05, 0.1) is 11.4 Å². The van der Waals surface area contributed by atoms with Gasteiger partial charge < -0.3 is 18.6 Å². The van der Waals surface area contributed by atoms with Crippen molar-refractivity contribution in [1.82, 2.24) is 0 Å². The molecule has 0 radical (unpaired) electrons. The number of nitrogens with zero attached hydrogens (tertiary/aromatic N) is 2. The van der Waals surface area contributed by atoms with Gasteiger partial charge in [-0.05, 0) is 167 Å². The molecule has 13 aromatic carbocycles. The Kier molecular flexibility index (Phi) is 12.5. The third-order valence-electron chi connectivity index (χ3n) is 19.3. The van der Waals surface area contributed by atoms with E-state index in [0.29, 0.717) is 0 Å². The molecule has 15 aromatic rings. The number of furan rings is 2. The fourth-order valence-electron chi connectivity index (χ4n) is 14.7. The second-order valence-corrected chi connectivity index (χ2v) is 26.8. The Morgan fingerprint density at radius 2 is 0.571 bits per heavy atom. The van der Waals surface area contributed by atoms with Crippen LogP contribution in [0.1, 0.15) is 52.7 Å². The van der Waals surface area contributed by atoms with Crippen LogP contribution in [-0.2, 0) is 10.8 Å². The van der Waals surface area contributed by atoms with Gasteiger partial charge in [-0.1, -0.05) is 254 Å². The Labute approximate surface area is 532 Å². The van der Waals surface area contributed by atoms with Crippen molar-refractivity contribution in [3.8, 4) is 66.8 Å². The summed E-state index contributed by atoms with van der Waals surface area (Å²) in [5, 5.41) is 4.41. The van der Waals surface area contributed by atoms with E-state index >= 15 is 0 Å². The van der Waals surface area contributed by atoms with E-state index < -0.39 is 0 Å². The van der Waals surface area contributed by atoms with Crippen LogP contribution in [0.4, 0.5) is 34.1 Å². The van der Waals surface area contributed by atoms with E-state index in [0.717, 1.165) is 111 Å². The number of anilines is 6. The van der Waals surface area contributed by atoms with Gasteiger partial charge in [0, 0.05) is 55.4 Å². The highest BCUT2D eigenvalue weighted by Gasteiger charge is 2.44. The van der Waals surface area contributed by atoms with Crippen molar-refractivity contribution < 1.29 is 8.83 Å². The van der Waals surface area contributed by atoms with Crippen LogP contribution in [0.3, 0.4) is 0 Å². The first-order valence-corrected chi connectivity index (χ1v) is 31.8. The summed E-state index contributed by atoms with van der Waals surface area (Å²) in [4.78, 5) is 5.12. The SMILES string of the molecule is CC(C)(C)c1ccc(-c2ccccc2-c2ccc3c(c2)B2c4cc(-c5ccccc5-c5ccc(C(C)(C)C)cc5)ccc4N(c4ccccc4-c4ccc5oc6ccccc6c5c4)c4cccc(c42)N3c2ccccc2-c2ccc3oc4ccccc4c3c2)cc1.